The molecular formula is C26H30ClN9. The molecule has 0 radical (unpaired) electrons. The number of hydrogen-bond acceptors (Lipinski definition) is 8. The second kappa shape index (κ2) is 10.5. The van der Waals surface area contributed by atoms with E-state index >= 15 is 0 Å². The van der Waals surface area contributed by atoms with Crippen LogP contribution in [0.25, 0.3) is 11.4 Å². The molecule has 5 rings (SSSR count). The number of aromatic nitrogens is 5. The Labute approximate surface area is 215 Å². The summed E-state index contributed by atoms with van der Waals surface area (Å²) >= 11 is 6.43. The van der Waals surface area contributed by atoms with Crippen LogP contribution in [0.5, 0.6) is 0 Å². The van der Waals surface area contributed by atoms with E-state index in [2.05, 4.69) is 71.8 Å². The van der Waals surface area contributed by atoms with E-state index in [1.165, 1.54) is 18.5 Å². The first-order valence-corrected chi connectivity index (χ1v) is 12.4. The molecule has 1 aliphatic rings. The summed E-state index contributed by atoms with van der Waals surface area (Å²) < 4.78 is 0. The Morgan fingerprint density at radius 3 is 2.50 bits per heavy atom. The minimum atomic E-state index is 0.414. The van der Waals surface area contributed by atoms with Gasteiger partial charge in [-0.1, -0.05) is 23.7 Å². The van der Waals surface area contributed by atoms with Crippen molar-refractivity contribution in [3.05, 3.63) is 65.6 Å². The first-order chi connectivity index (χ1) is 17.5. The number of nitrogens with one attached hydrogen (secondary N) is 3. The first kappa shape index (κ1) is 24.0. The molecule has 0 spiro atoms. The number of H-pyrrole nitrogens is 1. The molecular weight excluding hydrogens is 474 g/mol. The van der Waals surface area contributed by atoms with E-state index in [4.69, 9.17) is 11.6 Å². The maximum atomic E-state index is 6.43. The average molecular weight is 504 g/mol. The van der Waals surface area contributed by atoms with Crippen molar-refractivity contribution in [2.24, 2.45) is 0 Å². The number of piperidine rings is 1. The third kappa shape index (κ3) is 5.42. The lowest BCUT2D eigenvalue weighted by molar-refractivity contribution is 0.253. The van der Waals surface area contributed by atoms with E-state index < -0.39 is 0 Å². The Kier molecular flexibility index (Phi) is 7.02. The zero-order valence-electron chi connectivity index (χ0n) is 20.7. The number of benzene rings is 2. The van der Waals surface area contributed by atoms with E-state index in [1.54, 1.807) is 6.20 Å². The fraction of sp³-hybridized carbons (Fsp3) is 0.308. The highest BCUT2D eigenvalue weighted by Crippen LogP contribution is 2.31. The molecule has 0 saturated carbocycles. The van der Waals surface area contributed by atoms with Gasteiger partial charge in [0, 0.05) is 30.0 Å². The lowest BCUT2D eigenvalue weighted by atomic mass is 10.0. The molecule has 2 aromatic carbocycles. The summed E-state index contributed by atoms with van der Waals surface area (Å²) in [6.07, 6.45) is 3.95. The molecule has 0 amide bonds. The lowest BCUT2D eigenvalue weighted by Gasteiger charge is -2.36. The Balaban J connectivity index is 1.30. The molecule has 0 aliphatic carbocycles. The third-order valence-electron chi connectivity index (χ3n) is 6.53. The highest BCUT2D eigenvalue weighted by molar-refractivity contribution is 6.33. The van der Waals surface area contributed by atoms with Gasteiger partial charge in [-0.3, -0.25) is 5.10 Å². The van der Waals surface area contributed by atoms with Gasteiger partial charge in [-0.15, -0.1) is 0 Å². The maximum Gasteiger partial charge on any atom is 0.229 e. The van der Waals surface area contributed by atoms with Crippen LogP contribution in [0.15, 0.2) is 54.7 Å². The molecule has 0 bridgehead atoms. The summed E-state index contributed by atoms with van der Waals surface area (Å²) in [6.45, 7) is 4.15. The second-order valence-corrected chi connectivity index (χ2v) is 9.53. The highest BCUT2D eigenvalue weighted by Gasteiger charge is 2.21. The SMILES string of the molecule is Cc1nc(-c2ccccc2Nc2nc(Nc3ccc(N(C)C4CCN(C)CC4)cc3)ncc2Cl)n[nH]1. The Hall–Kier alpha value is -3.69. The van der Waals surface area contributed by atoms with Gasteiger partial charge < -0.3 is 20.4 Å². The van der Waals surface area contributed by atoms with Crippen LogP contribution in [-0.4, -0.2) is 63.3 Å². The Morgan fingerprint density at radius 1 is 1.03 bits per heavy atom. The van der Waals surface area contributed by atoms with Crippen LogP contribution < -0.4 is 15.5 Å². The lowest BCUT2D eigenvalue weighted by Crippen LogP contribution is -2.41. The summed E-state index contributed by atoms with van der Waals surface area (Å²) in [5, 5.41) is 14.2. The quantitative estimate of drug-likeness (QED) is 0.315. The number of likely N-dealkylation sites (tertiary alicyclic amines) is 1. The molecule has 10 heteroatoms. The molecule has 1 saturated heterocycles. The van der Waals surface area contributed by atoms with Crippen molar-refractivity contribution in [2.75, 3.05) is 42.7 Å². The molecule has 0 atom stereocenters. The van der Waals surface area contributed by atoms with Gasteiger partial charge in [-0.05, 0) is 76.3 Å². The molecule has 1 aliphatic heterocycles. The zero-order valence-corrected chi connectivity index (χ0v) is 21.4. The Bertz CT molecular complexity index is 1310. The van der Waals surface area contributed by atoms with Crippen molar-refractivity contribution < 1.29 is 0 Å². The number of rotatable bonds is 7. The van der Waals surface area contributed by atoms with Crippen molar-refractivity contribution in [1.29, 1.82) is 0 Å². The summed E-state index contributed by atoms with van der Waals surface area (Å²) in [4.78, 5) is 18.2. The maximum absolute atomic E-state index is 6.43. The summed E-state index contributed by atoms with van der Waals surface area (Å²) in [6, 6.07) is 16.7. The van der Waals surface area contributed by atoms with Crippen molar-refractivity contribution in [3.8, 4) is 11.4 Å². The molecule has 1 fully saturated rings. The highest BCUT2D eigenvalue weighted by atomic mass is 35.5. The van der Waals surface area contributed by atoms with Crippen LogP contribution in [0.1, 0.15) is 18.7 Å². The van der Waals surface area contributed by atoms with Crippen molar-refractivity contribution in [2.45, 2.75) is 25.8 Å². The zero-order chi connectivity index (χ0) is 25.1. The monoisotopic (exact) mass is 503 g/mol. The molecule has 9 nitrogen and oxygen atoms in total. The number of aryl methyl sites for hydroxylation is 1. The topological polar surface area (TPSA) is 97.9 Å². The van der Waals surface area contributed by atoms with Gasteiger partial charge in [0.2, 0.25) is 5.95 Å². The van der Waals surface area contributed by atoms with Crippen molar-refractivity contribution in [3.63, 3.8) is 0 Å². The number of halogens is 1. The molecule has 3 N–H and O–H groups in total. The number of aromatic amines is 1. The van der Waals surface area contributed by atoms with E-state index in [9.17, 15) is 0 Å². The van der Waals surface area contributed by atoms with Crippen molar-refractivity contribution >= 4 is 40.4 Å². The molecule has 2 aromatic heterocycles. The van der Waals surface area contributed by atoms with Gasteiger partial charge in [0.15, 0.2) is 11.6 Å². The standard InChI is InChI=1S/C26H30ClN9/c1-17-29-24(34-33-17)21-6-4-5-7-23(21)31-25-22(27)16-28-26(32-25)30-18-8-10-19(11-9-18)36(3)20-12-14-35(2)15-13-20/h4-11,16,20H,12-15H2,1-3H3,(H,29,33,34)(H2,28,30,31,32). The predicted octanol–water partition coefficient (Wildman–Crippen LogP) is 5.24. The number of para-hydroxylation sites is 1. The van der Waals surface area contributed by atoms with Gasteiger partial charge >= 0.3 is 0 Å². The number of hydrogen-bond donors (Lipinski definition) is 3. The first-order valence-electron chi connectivity index (χ1n) is 12.0. The molecule has 3 heterocycles. The van der Waals surface area contributed by atoms with Gasteiger partial charge in [0.1, 0.15) is 10.8 Å². The minimum Gasteiger partial charge on any atom is -0.372 e. The van der Waals surface area contributed by atoms with Gasteiger partial charge in [0.05, 0.1) is 11.9 Å². The Morgan fingerprint density at radius 2 is 1.78 bits per heavy atom. The second-order valence-electron chi connectivity index (χ2n) is 9.12. The molecule has 4 aromatic rings. The van der Waals surface area contributed by atoms with Gasteiger partial charge in [0.25, 0.3) is 0 Å². The van der Waals surface area contributed by atoms with Crippen LogP contribution in [-0.2, 0) is 0 Å². The largest absolute Gasteiger partial charge is 0.372 e. The average Bonchev–Trinajstić information content (AvgIpc) is 3.33. The minimum absolute atomic E-state index is 0.414. The number of nitrogens with zero attached hydrogens (tertiary/aromatic N) is 6. The van der Waals surface area contributed by atoms with Crippen LogP contribution in [0.2, 0.25) is 5.02 Å². The summed E-state index contributed by atoms with van der Waals surface area (Å²) in [5.41, 5.74) is 3.74. The molecule has 36 heavy (non-hydrogen) atoms. The van der Waals surface area contributed by atoms with Crippen LogP contribution in [0.4, 0.5) is 28.8 Å². The molecule has 186 valence electrons. The fourth-order valence-electron chi connectivity index (χ4n) is 4.39. The van der Waals surface area contributed by atoms with E-state index in [0.717, 1.165) is 35.9 Å². The van der Waals surface area contributed by atoms with E-state index in [1.807, 2.05) is 43.3 Å². The number of anilines is 5. The van der Waals surface area contributed by atoms with Crippen LogP contribution >= 0.6 is 11.6 Å². The molecule has 0 unspecified atom stereocenters. The van der Waals surface area contributed by atoms with Crippen LogP contribution in [0, 0.1) is 6.92 Å². The summed E-state index contributed by atoms with van der Waals surface area (Å²) in [7, 11) is 4.36. The van der Waals surface area contributed by atoms with E-state index in [0.29, 0.717) is 28.7 Å². The van der Waals surface area contributed by atoms with E-state index in [-0.39, 0.29) is 0 Å². The van der Waals surface area contributed by atoms with Crippen LogP contribution in [0.3, 0.4) is 0 Å². The summed E-state index contributed by atoms with van der Waals surface area (Å²) in [5.74, 6) is 2.29. The van der Waals surface area contributed by atoms with Gasteiger partial charge in [-0.2, -0.15) is 10.1 Å². The third-order valence-corrected chi connectivity index (χ3v) is 6.81. The van der Waals surface area contributed by atoms with Gasteiger partial charge in [-0.25, -0.2) is 9.97 Å². The fourth-order valence-corrected chi connectivity index (χ4v) is 4.53. The smallest absolute Gasteiger partial charge is 0.229 e. The van der Waals surface area contributed by atoms with Crippen molar-refractivity contribution in [1.82, 2.24) is 30.0 Å². The normalized spacial score (nSPS) is 14.6. The predicted molar refractivity (Wildman–Crippen MR) is 146 cm³/mol.